The average molecular weight is 376 g/mol. The van der Waals surface area contributed by atoms with Crippen molar-refractivity contribution >= 4 is 50.8 Å². The van der Waals surface area contributed by atoms with E-state index in [1.165, 1.54) is 4.57 Å². The topological polar surface area (TPSA) is 20.7 Å². The SMILES string of the molecule is Fc1cc(-n2c(=S)[nH]c3cc(Cl)ccc32)c(F)cc1Br. The van der Waals surface area contributed by atoms with Crippen LogP contribution in [0.1, 0.15) is 0 Å². The predicted octanol–water partition coefficient (Wildman–Crippen LogP) is 5.38. The molecular formula is C13H6BrClF2N2S. The number of nitrogens with one attached hydrogen (secondary N) is 1. The van der Waals surface area contributed by atoms with Gasteiger partial charge in [0, 0.05) is 11.1 Å². The molecule has 20 heavy (non-hydrogen) atoms. The van der Waals surface area contributed by atoms with Crippen molar-refractivity contribution in [1.82, 2.24) is 9.55 Å². The molecular weight excluding hydrogens is 370 g/mol. The first kappa shape index (κ1) is 13.7. The van der Waals surface area contributed by atoms with Crippen LogP contribution >= 0.6 is 39.7 Å². The Kier molecular flexibility index (Phi) is 3.40. The minimum atomic E-state index is -0.578. The molecule has 3 rings (SSSR count). The number of halogens is 4. The number of hydrogen-bond donors (Lipinski definition) is 1. The van der Waals surface area contributed by atoms with Gasteiger partial charge in [0.1, 0.15) is 11.6 Å². The molecule has 2 aromatic carbocycles. The Morgan fingerprint density at radius 1 is 1.15 bits per heavy atom. The summed E-state index contributed by atoms with van der Waals surface area (Å²) < 4.78 is 29.5. The van der Waals surface area contributed by atoms with Crippen molar-refractivity contribution in [1.29, 1.82) is 0 Å². The highest BCUT2D eigenvalue weighted by molar-refractivity contribution is 9.10. The predicted molar refractivity (Wildman–Crippen MR) is 81.1 cm³/mol. The van der Waals surface area contributed by atoms with Gasteiger partial charge >= 0.3 is 0 Å². The fourth-order valence-corrected chi connectivity index (χ4v) is 2.80. The maximum absolute atomic E-state index is 14.1. The van der Waals surface area contributed by atoms with Crippen LogP contribution in [-0.4, -0.2) is 9.55 Å². The number of aromatic amines is 1. The van der Waals surface area contributed by atoms with Crippen LogP contribution in [0.5, 0.6) is 0 Å². The van der Waals surface area contributed by atoms with Crippen LogP contribution in [0, 0.1) is 16.4 Å². The zero-order valence-corrected chi connectivity index (χ0v) is 12.9. The van der Waals surface area contributed by atoms with Gasteiger partial charge in [-0.15, -0.1) is 0 Å². The molecule has 0 fully saturated rings. The van der Waals surface area contributed by atoms with E-state index >= 15 is 0 Å². The summed E-state index contributed by atoms with van der Waals surface area (Å²) in [5.41, 5.74) is 1.33. The highest BCUT2D eigenvalue weighted by atomic mass is 79.9. The molecule has 102 valence electrons. The number of nitrogens with zero attached hydrogens (tertiary/aromatic N) is 1. The molecule has 0 amide bonds. The fraction of sp³-hybridized carbons (Fsp3) is 0. The van der Waals surface area contributed by atoms with E-state index in [4.69, 9.17) is 23.8 Å². The summed E-state index contributed by atoms with van der Waals surface area (Å²) in [7, 11) is 0. The normalized spacial score (nSPS) is 11.2. The summed E-state index contributed by atoms with van der Waals surface area (Å²) in [5.74, 6) is -1.14. The van der Waals surface area contributed by atoms with Gasteiger partial charge in [-0.05, 0) is 52.4 Å². The molecule has 7 heteroatoms. The molecule has 1 N–H and O–H groups in total. The maximum Gasteiger partial charge on any atom is 0.182 e. The zero-order valence-electron chi connectivity index (χ0n) is 9.75. The molecule has 0 unspecified atom stereocenters. The second-order valence-electron chi connectivity index (χ2n) is 4.14. The number of benzene rings is 2. The molecule has 2 nitrogen and oxygen atoms in total. The lowest BCUT2D eigenvalue weighted by atomic mass is 10.2. The van der Waals surface area contributed by atoms with E-state index in [-0.39, 0.29) is 14.9 Å². The third-order valence-electron chi connectivity index (χ3n) is 2.87. The number of H-pyrrole nitrogens is 1. The number of rotatable bonds is 1. The van der Waals surface area contributed by atoms with Crippen molar-refractivity contribution in [2.45, 2.75) is 0 Å². The Morgan fingerprint density at radius 3 is 2.65 bits per heavy atom. The summed E-state index contributed by atoms with van der Waals surface area (Å²) in [4.78, 5) is 2.92. The minimum Gasteiger partial charge on any atom is -0.330 e. The average Bonchev–Trinajstić information content (AvgIpc) is 2.69. The first-order chi connectivity index (χ1) is 9.47. The summed E-state index contributed by atoms with van der Waals surface area (Å²) >= 11 is 14.0. The lowest BCUT2D eigenvalue weighted by Crippen LogP contribution is -1.99. The maximum atomic E-state index is 14.1. The third-order valence-corrected chi connectivity index (χ3v) is 4.00. The molecule has 1 aromatic heterocycles. The second kappa shape index (κ2) is 4.95. The van der Waals surface area contributed by atoms with Crippen molar-refractivity contribution in [2.75, 3.05) is 0 Å². The lowest BCUT2D eigenvalue weighted by molar-refractivity contribution is 0.588. The van der Waals surface area contributed by atoms with Gasteiger partial charge in [-0.3, -0.25) is 4.57 Å². The van der Waals surface area contributed by atoms with E-state index < -0.39 is 11.6 Å². The monoisotopic (exact) mass is 374 g/mol. The number of fused-ring (bicyclic) bond motifs is 1. The van der Waals surface area contributed by atoms with Crippen molar-refractivity contribution in [3.63, 3.8) is 0 Å². The lowest BCUT2D eigenvalue weighted by Gasteiger charge is -2.07. The van der Waals surface area contributed by atoms with Crippen LogP contribution < -0.4 is 0 Å². The van der Waals surface area contributed by atoms with Crippen LogP contribution in [-0.2, 0) is 0 Å². The summed E-state index contributed by atoms with van der Waals surface area (Å²) in [6.45, 7) is 0. The Labute approximate surface area is 131 Å². The van der Waals surface area contributed by atoms with E-state index in [2.05, 4.69) is 20.9 Å². The Hall–Kier alpha value is -1.24. The second-order valence-corrected chi connectivity index (χ2v) is 5.82. The van der Waals surface area contributed by atoms with Gasteiger partial charge in [-0.1, -0.05) is 11.6 Å². The standard InChI is InChI=1S/C13H6BrClF2N2S/c14-7-4-9(17)12(5-8(7)16)19-11-2-1-6(15)3-10(11)18-13(19)20/h1-5H,(H,18,20). The van der Waals surface area contributed by atoms with E-state index in [1.807, 2.05) is 0 Å². The number of imidazole rings is 1. The van der Waals surface area contributed by atoms with E-state index in [1.54, 1.807) is 18.2 Å². The van der Waals surface area contributed by atoms with Crippen molar-refractivity contribution < 1.29 is 8.78 Å². The Morgan fingerprint density at radius 2 is 1.90 bits per heavy atom. The van der Waals surface area contributed by atoms with Crippen LogP contribution in [0.25, 0.3) is 16.7 Å². The number of aromatic nitrogens is 2. The quantitative estimate of drug-likeness (QED) is 0.447. The minimum absolute atomic E-state index is 0.0456. The van der Waals surface area contributed by atoms with Gasteiger partial charge in [-0.25, -0.2) is 8.78 Å². The molecule has 0 aliphatic carbocycles. The summed E-state index contributed by atoms with van der Waals surface area (Å²) in [6, 6.07) is 7.20. The van der Waals surface area contributed by atoms with Gasteiger partial charge < -0.3 is 4.98 Å². The highest BCUT2D eigenvalue weighted by Crippen LogP contribution is 2.27. The molecule has 0 radical (unpaired) electrons. The molecule has 0 spiro atoms. The van der Waals surface area contributed by atoms with Crippen molar-refractivity contribution in [3.8, 4) is 5.69 Å². The molecule has 0 bridgehead atoms. The van der Waals surface area contributed by atoms with Gasteiger partial charge in [0.25, 0.3) is 0 Å². The molecule has 3 aromatic rings. The van der Waals surface area contributed by atoms with Gasteiger partial charge in [0.05, 0.1) is 21.2 Å². The van der Waals surface area contributed by atoms with Crippen LogP contribution in [0.4, 0.5) is 8.78 Å². The third kappa shape index (κ3) is 2.17. The van der Waals surface area contributed by atoms with Crippen LogP contribution in [0.15, 0.2) is 34.8 Å². The van der Waals surface area contributed by atoms with Gasteiger partial charge in [-0.2, -0.15) is 0 Å². The Balaban J connectivity index is 2.38. The summed E-state index contributed by atoms with van der Waals surface area (Å²) in [6.07, 6.45) is 0. The van der Waals surface area contributed by atoms with E-state index in [0.29, 0.717) is 16.1 Å². The first-order valence-electron chi connectivity index (χ1n) is 5.52. The van der Waals surface area contributed by atoms with Gasteiger partial charge in [0.15, 0.2) is 4.77 Å². The fourth-order valence-electron chi connectivity index (χ4n) is 2.01. The van der Waals surface area contributed by atoms with Crippen molar-refractivity contribution in [3.05, 3.63) is 56.2 Å². The molecule has 0 aliphatic rings. The highest BCUT2D eigenvalue weighted by Gasteiger charge is 2.14. The van der Waals surface area contributed by atoms with E-state index in [0.717, 1.165) is 12.1 Å². The Bertz CT molecular complexity index is 888. The molecule has 1 heterocycles. The molecule has 0 saturated carbocycles. The first-order valence-corrected chi connectivity index (χ1v) is 7.10. The van der Waals surface area contributed by atoms with E-state index in [9.17, 15) is 8.78 Å². The zero-order chi connectivity index (χ0) is 14.4. The van der Waals surface area contributed by atoms with Crippen LogP contribution in [0.3, 0.4) is 0 Å². The summed E-state index contributed by atoms with van der Waals surface area (Å²) in [5, 5.41) is 0.531. The largest absolute Gasteiger partial charge is 0.330 e. The number of hydrogen-bond acceptors (Lipinski definition) is 1. The van der Waals surface area contributed by atoms with Gasteiger partial charge in [0.2, 0.25) is 0 Å². The molecule has 0 saturated heterocycles. The van der Waals surface area contributed by atoms with Crippen LogP contribution in [0.2, 0.25) is 5.02 Å². The van der Waals surface area contributed by atoms with Crippen molar-refractivity contribution in [2.24, 2.45) is 0 Å². The molecule has 0 aliphatic heterocycles. The smallest absolute Gasteiger partial charge is 0.182 e. The molecule has 0 atom stereocenters.